The maximum absolute atomic E-state index is 5.96. The zero-order valence-corrected chi connectivity index (χ0v) is 12.7. The standard InChI is InChI=1S/C16H27NO2/c1-5-18-15-10-6-9-14(12-17-4)16(15)19-11-7-8-13(2)3/h6,9-10,13,17H,5,7-8,11-12H2,1-4H3. The second kappa shape index (κ2) is 8.81. The lowest BCUT2D eigenvalue weighted by Crippen LogP contribution is -2.10. The van der Waals surface area contributed by atoms with Gasteiger partial charge in [-0.2, -0.15) is 0 Å². The highest BCUT2D eigenvalue weighted by atomic mass is 16.5. The third-order valence-corrected chi connectivity index (χ3v) is 2.90. The van der Waals surface area contributed by atoms with Gasteiger partial charge in [0, 0.05) is 12.1 Å². The highest BCUT2D eigenvalue weighted by molar-refractivity contribution is 5.46. The summed E-state index contributed by atoms with van der Waals surface area (Å²) >= 11 is 0. The molecule has 3 nitrogen and oxygen atoms in total. The van der Waals surface area contributed by atoms with Crippen LogP contribution in [-0.2, 0) is 6.54 Å². The van der Waals surface area contributed by atoms with Crippen LogP contribution in [0.15, 0.2) is 18.2 Å². The van der Waals surface area contributed by atoms with Crippen molar-refractivity contribution in [3.63, 3.8) is 0 Å². The van der Waals surface area contributed by atoms with Gasteiger partial charge in [-0.1, -0.05) is 26.0 Å². The predicted molar refractivity (Wildman–Crippen MR) is 79.9 cm³/mol. The first-order chi connectivity index (χ1) is 9.19. The minimum Gasteiger partial charge on any atom is -0.490 e. The summed E-state index contributed by atoms with van der Waals surface area (Å²) in [7, 11) is 1.94. The normalized spacial score (nSPS) is 10.8. The second-order valence-corrected chi connectivity index (χ2v) is 5.09. The first kappa shape index (κ1) is 15.8. The lowest BCUT2D eigenvalue weighted by molar-refractivity contribution is 0.264. The Balaban J connectivity index is 2.70. The Morgan fingerprint density at radius 3 is 2.63 bits per heavy atom. The summed E-state index contributed by atoms with van der Waals surface area (Å²) in [5.41, 5.74) is 1.15. The van der Waals surface area contributed by atoms with E-state index in [0.717, 1.165) is 42.6 Å². The van der Waals surface area contributed by atoms with Crippen molar-refractivity contribution in [3.05, 3.63) is 23.8 Å². The van der Waals surface area contributed by atoms with Gasteiger partial charge in [0.25, 0.3) is 0 Å². The topological polar surface area (TPSA) is 30.5 Å². The van der Waals surface area contributed by atoms with Crippen molar-refractivity contribution in [2.24, 2.45) is 5.92 Å². The van der Waals surface area contributed by atoms with Crippen LogP contribution in [0.5, 0.6) is 11.5 Å². The van der Waals surface area contributed by atoms with Gasteiger partial charge in [0.15, 0.2) is 11.5 Å². The number of hydrogen-bond acceptors (Lipinski definition) is 3. The van der Waals surface area contributed by atoms with E-state index in [9.17, 15) is 0 Å². The zero-order chi connectivity index (χ0) is 14.1. The maximum Gasteiger partial charge on any atom is 0.165 e. The molecule has 0 heterocycles. The van der Waals surface area contributed by atoms with E-state index in [1.807, 2.05) is 26.1 Å². The van der Waals surface area contributed by atoms with Crippen molar-refractivity contribution in [2.75, 3.05) is 20.3 Å². The quantitative estimate of drug-likeness (QED) is 0.692. The minimum absolute atomic E-state index is 0.658. The molecule has 0 saturated carbocycles. The molecule has 0 bridgehead atoms. The molecule has 0 unspecified atom stereocenters. The molecule has 0 aromatic heterocycles. The van der Waals surface area contributed by atoms with Gasteiger partial charge < -0.3 is 14.8 Å². The summed E-state index contributed by atoms with van der Waals surface area (Å²) in [5.74, 6) is 2.46. The molecular formula is C16H27NO2. The van der Waals surface area contributed by atoms with E-state index in [2.05, 4.69) is 25.2 Å². The van der Waals surface area contributed by atoms with Crippen LogP contribution in [0.3, 0.4) is 0 Å². The zero-order valence-electron chi connectivity index (χ0n) is 12.7. The fourth-order valence-electron chi connectivity index (χ4n) is 1.99. The fourth-order valence-corrected chi connectivity index (χ4v) is 1.99. The molecule has 1 aromatic carbocycles. The number of ether oxygens (including phenoxy) is 2. The van der Waals surface area contributed by atoms with Crippen molar-refractivity contribution in [3.8, 4) is 11.5 Å². The second-order valence-electron chi connectivity index (χ2n) is 5.09. The van der Waals surface area contributed by atoms with E-state index in [4.69, 9.17) is 9.47 Å². The Morgan fingerprint density at radius 1 is 1.21 bits per heavy atom. The largest absolute Gasteiger partial charge is 0.490 e. The van der Waals surface area contributed by atoms with E-state index >= 15 is 0 Å². The Morgan fingerprint density at radius 2 is 2.00 bits per heavy atom. The smallest absolute Gasteiger partial charge is 0.165 e. The van der Waals surface area contributed by atoms with Crippen molar-refractivity contribution in [1.82, 2.24) is 5.32 Å². The van der Waals surface area contributed by atoms with E-state index in [1.165, 1.54) is 6.42 Å². The van der Waals surface area contributed by atoms with Crippen LogP contribution in [-0.4, -0.2) is 20.3 Å². The summed E-state index contributed by atoms with van der Waals surface area (Å²) in [6, 6.07) is 6.07. The lowest BCUT2D eigenvalue weighted by Gasteiger charge is -2.16. The molecule has 0 spiro atoms. The van der Waals surface area contributed by atoms with Gasteiger partial charge in [0.05, 0.1) is 13.2 Å². The molecule has 3 heteroatoms. The van der Waals surface area contributed by atoms with Gasteiger partial charge in [-0.15, -0.1) is 0 Å². The fraction of sp³-hybridized carbons (Fsp3) is 0.625. The number of hydrogen-bond donors (Lipinski definition) is 1. The first-order valence-electron chi connectivity index (χ1n) is 7.21. The molecule has 0 aliphatic rings. The van der Waals surface area contributed by atoms with Gasteiger partial charge in [0.2, 0.25) is 0 Å². The van der Waals surface area contributed by atoms with Crippen LogP contribution in [0, 0.1) is 5.92 Å². The molecule has 0 aliphatic heterocycles. The molecule has 19 heavy (non-hydrogen) atoms. The monoisotopic (exact) mass is 265 g/mol. The van der Waals surface area contributed by atoms with Crippen LogP contribution in [0.1, 0.15) is 39.2 Å². The SMILES string of the molecule is CCOc1cccc(CNC)c1OCCCC(C)C. The lowest BCUT2D eigenvalue weighted by atomic mass is 10.1. The molecule has 108 valence electrons. The summed E-state index contributed by atoms with van der Waals surface area (Å²) in [6.07, 6.45) is 2.27. The Labute approximate surface area is 117 Å². The van der Waals surface area contributed by atoms with Crippen molar-refractivity contribution >= 4 is 0 Å². The van der Waals surface area contributed by atoms with Crippen LogP contribution in [0.25, 0.3) is 0 Å². The molecule has 1 N–H and O–H groups in total. The summed E-state index contributed by atoms with van der Waals surface area (Å²) in [5, 5.41) is 3.17. The molecular weight excluding hydrogens is 238 g/mol. The third kappa shape index (κ3) is 5.52. The van der Waals surface area contributed by atoms with Crippen LogP contribution < -0.4 is 14.8 Å². The van der Waals surface area contributed by atoms with Crippen LogP contribution in [0.2, 0.25) is 0 Å². The molecule has 0 fully saturated rings. The number of para-hydroxylation sites is 1. The van der Waals surface area contributed by atoms with Gasteiger partial charge in [-0.3, -0.25) is 0 Å². The first-order valence-corrected chi connectivity index (χ1v) is 7.21. The van der Waals surface area contributed by atoms with Crippen LogP contribution in [0.4, 0.5) is 0 Å². The van der Waals surface area contributed by atoms with Crippen molar-refractivity contribution in [2.45, 2.75) is 40.2 Å². The number of nitrogens with one attached hydrogen (secondary N) is 1. The summed E-state index contributed by atoms with van der Waals surface area (Å²) in [4.78, 5) is 0. The van der Waals surface area contributed by atoms with Crippen molar-refractivity contribution in [1.29, 1.82) is 0 Å². The van der Waals surface area contributed by atoms with E-state index < -0.39 is 0 Å². The van der Waals surface area contributed by atoms with E-state index in [-0.39, 0.29) is 0 Å². The highest BCUT2D eigenvalue weighted by Gasteiger charge is 2.10. The summed E-state index contributed by atoms with van der Waals surface area (Å²) in [6.45, 7) is 8.67. The molecule has 0 aliphatic carbocycles. The molecule has 1 rings (SSSR count). The average molecular weight is 265 g/mol. The maximum atomic E-state index is 5.96. The number of rotatable bonds is 9. The minimum atomic E-state index is 0.658. The van der Waals surface area contributed by atoms with Gasteiger partial charge in [-0.25, -0.2) is 0 Å². The molecule has 0 atom stereocenters. The van der Waals surface area contributed by atoms with Crippen molar-refractivity contribution < 1.29 is 9.47 Å². The van der Waals surface area contributed by atoms with Gasteiger partial charge in [-0.05, 0) is 38.8 Å². The average Bonchev–Trinajstić information content (AvgIpc) is 2.37. The Kier molecular flexibility index (Phi) is 7.34. The molecule has 0 amide bonds. The number of benzene rings is 1. The molecule has 1 aromatic rings. The van der Waals surface area contributed by atoms with E-state index in [0.29, 0.717) is 6.61 Å². The predicted octanol–water partition coefficient (Wildman–Crippen LogP) is 3.62. The van der Waals surface area contributed by atoms with Crippen LogP contribution >= 0.6 is 0 Å². The van der Waals surface area contributed by atoms with Gasteiger partial charge in [0.1, 0.15) is 0 Å². The third-order valence-electron chi connectivity index (χ3n) is 2.90. The molecule has 0 radical (unpaired) electrons. The van der Waals surface area contributed by atoms with E-state index in [1.54, 1.807) is 0 Å². The highest BCUT2D eigenvalue weighted by Crippen LogP contribution is 2.31. The summed E-state index contributed by atoms with van der Waals surface area (Å²) < 4.78 is 11.6. The molecule has 0 saturated heterocycles. The van der Waals surface area contributed by atoms with Gasteiger partial charge >= 0.3 is 0 Å². The Hall–Kier alpha value is -1.22. The Bertz CT molecular complexity index is 340.